The van der Waals surface area contributed by atoms with E-state index in [2.05, 4.69) is 5.32 Å². The number of hydrogen-bond acceptors (Lipinski definition) is 6. The van der Waals surface area contributed by atoms with Gasteiger partial charge in [0.25, 0.3) is 0 Å². The quantitative estimate of drug-likeness (QED) is 0.304. The van der Waals surface area contributed by atoms with Crippen LogP contribution in [0.5, 0.6) is 0 Å². The Morgan fingerprint density at radius 1 is 1.16 bits per heavy atom. The summed E-state index contributed by atoms with van der Waals surface area (Å²) in [7, 11) is 0. The normalized spacial score (nSPS) is 27.5. The highest BCUT2D eigenvalue weighted by molar-refractivity contribution is 6.61. The summed E-state index contributed by atoms with van der Waals surface area (Å²) < 4.78 is 16.9. The average molecular weight is 468 g/mol. The summed E-state index contributed by atoms with van der Waals surface area (Å²) in [6.07, 6.45) is 1.31. The van der Waals surface area contributed by atoms with Crippen molar-refractivity contribution in [1.29, 1.82) is 0 Å². The van der Waals surface area contributed by atoms with Crippen LogP contribution in [0.4, 0.5) is 9.59 Å². The van der Waals surface area contributed by atoms with Gasteiger partial charge in [0.15, 0.2) is 0 Å². The number of esters is 1. The van der Waals surface area contributed by atoms with Gasteiger partial charge in [-0.05, 0) is 44.6 Å². The molecule has 0 saturated heterocycles. The number of rotatable bonds is 8. The zero-order valence-corrected chi connectivity index (χ0v) is 20.2. The molecule has 7 nitrogen and oxygen atoms in total. The van der Waals surface area contributed by atoms with E-state index in [-0.39, 0.29) is 30.8 Å². The van der Waals surface area contributed by atoms with E-state index in [0.29, 0.717) is 19.3 Å². The first-order valence-corrected chi connectivity index (χ1v) is 11.5. The van der Waals surface area contributed by atoms with E-state index in [4.69, 9.17) is 25.8 Å². The van der Waals surface area contributed by atoms with Crippen molar-refractivity contribution in [1.82, 2.24) is 5.32 Å². The summed E-state index contributed by atoms with van der Waals surface area (Å²) in [5.74, 6) is -0.374. The molecule has 0 aliphatic heterocycles. The zero-order valence-electron chi connectivity index (χ0n) is 19.5. The summed E-state index contributed by atoms with van der Waals surface area (Å²) in [4.78, 5) is 37.0. The molecule has 1 aliphatic carbocycles. The molecule has 1 aliphatic rings. The molecule has 0 spiro atoms. The number of benzene rings is 1. The molecule has 0 heterocycles. The number of nitrogens with one attached hydrogen (secondary N) is 1. The minimum Gasteiger partial charge on any atom is -0.457 e. The fourth-order valence-corrected chi connectivity index (χ4v) is 4.97. The van der Waals surface area contributed by atoms with E-state index >= 15 is 0 Å². The Bertz CT molecular complexity index is 801. The fourth-order valence-electron chi connectivity index (χ4n) is 4.80. The molecule has 0 bridgehead atoms. The number of carbonyl (C=O) groups is 3. The van der Waals surface area contributed by atoms with Crippen LogP contribution in [0.3, 0.4) is 0 Å². The second-order valence-electron chi connectivity index (χ2n) is 9.09. The fraction of sp³-hybridized carbons (Fsp3) is 0.625. The van der Waals surface area contributed by atoms with Gasteiger partial charge < -0.3 is 19.5 Å². The van der Waals surface area contributed by atoms with Crippen LogP contribution in [0.15, 0.2) is 30.3 Å². The van der Waals surface area contributed by atoms with Crippen molar-refractivity contribution in [2.45, 2.75) is 84.2 Å². The van der Waals surface area contributed by atoms with Crippen molar-refractivity contribution in [3.05, 3.63) is 35.9 Å². The first-order valence-electron chi connectivity index (χ1n) is 11.1. The van der Waals surface area contributed by atoms with Gasteiger partial charge >= 0.3 is 17.5 Å². The van der Waals surface area contributed by atoms with Gasteiger partial charge in [0, 0.05) is 23.9 Å². The van der Waals surface area contributed by atoms with E-state index < -0.39 is 28.8 Å². The largest absolute Gasteiger partial charge is 0.457 e. The van der Waals surface area contributed by atoms with Crippen molar-refractivity contribution in [2.24, 2.45) is 11.8 Å². The van der Waals surface area contributed by atoms with Crippen molar-refractivity contribution in [3.8, 4) is 0 Å². The van der Waals surface area contributed by atoms with Gasteiger partial charge in [0.1, 0.15) is 23.9 Å². The highest BCUT2D eigenvalue weighted by Crippen LogP contribution is 2.47. The first-order chi connectivity index (χ1) is 15.0. The standard InChI is InChI=1S/C24H34ClNO6/c1-6-10-19(27)31-23(4)14-13-18(16(2)3)24(5,32-21(25)28)20(23)26-22(29)30-15-17-11-8-7-9-12-17/h7-9,11-12,16,18,20H,6,10,13-15H2,1-5H3,(H,26,29). The zero-order chi connectivity index (χ0) is 23.9. The summed E-state index contributed by atoms with van der Waals surface area (Å²) in [6.45, 7) is 9.47. The van der Waals surface area contributed by atoms with Gasteiger partial charge in [0.2, 0.25) is 0 Å². The van der Waals surface area contributed by atoms with Gasteiger partial charge in [-0.25, -0.2) is 9.59 Å². The lowest BCUT2D eigenvalue weighted by Crippen LogP contribution is -2.70. The third kappa shape index (κ3) is 6.37. The summed E-state index contributed by atoms with van der Waals surface area (Å²) in [5, 5.41) is 2.83. The van der Waals surface area contributed by atoms with Gasteiger partial charge in [-0.3, -0.25) is 4.79 Å². The van der Waals surface area contributed by atoms with Crippen molar-refractivity contribution in [3.63, 3.8) is 0 Å². The maximum absolute atomic E-state index is 12.8. The minimum atomic E-state index is -1.21. The molecule has 1 amide bonds. The molecule has 0 radical (unpaired) electrons. The molecule has 4 unspecified atom stereocenters. The summed E-state index contributed by atoms with van der Waals surface area (Å²) in [5.41, 5.74) is -2.46. The molecule has 8 heteroatoms. The van der Waals surface area contributed by atoms with E-state index in [1.165, 1.54) is 0 Å². The van der Waals surface area contributed by atoms with Gasteiger partial charge in [-0.2, -0.15) is 0 Å². The molecule has 0 aromatic heterocycles. The molecule has 178 valence electrons. The van der Waals surface area contributed by atoms with Crippen LogP contribution in [0.1, 0.15) is 65.9 Å². The average Bonchev–Trinajstić information content (AvgIpc) is 2.69. The number of carbonyl (C=O) groups excluding carboxylic acids is 3. The molecule has 2 rings (SSSR count). The summed E-state index contributed by atoms with van der Waals surface area (Å²) >= 11 is 5.65. The maximum Gasteiger partial charge on any atom is 0.407 e. The SMILES string of the molecule is CCCC(=O)OC1(C)CCC(C(C)C)C(C)(OC(=O)Cl)C1NC(=O)OCc1ccccc1. The van der Waals surface area contributed by atoms with Crippen LogP contribution in [0.2, 0.25) is 0 Å². The van der Waals surface area contributed by atoms with Crippen LogP contribution in [0, 0.1) is 11.8 Å². The lowest BCUT2D eigenvalue weighted by Gasteiger charge is -2.54. The Morgan fingerprint density at radius 3 is 2.38 bits per heavy atom. The van der Waals surface area contributed by atoms with Gasteiger partial charge in [-0.15, -0.1) is 0 Å². The van der Waals surface area contributed by atoms with E-state index in [0.717, 1.165) is 5.56 Å². The van der Waals surface area contributed by atoms with E-state index in [9.17, 15) is 14.4 Å². The van der Waals surface area contributed by atoms with Crippen molar-refractivity contribution >= 4 is 29.1 Å². The highest BCUT2D eigenvalue weighted by atomic mass is 35.5. The third-order valence-electron chi connectivity index (χ3n) is 6.25. The Balaban J connectivity index is 2.34. The van der Waals surface area contributed by atoms with Gasteiger partial charge in [0.05, 0.1) is 0 Å². The van der Waals surface area contributed by atoms with Crippen molar-refractivity contribution < 1.29 is 28.6 Å². The molecular weight excluding hydrogens is 434 g/mol. The molecule has 1 aromatic rings. The second kappa shape index (κ2) is 11.0. The summed E-state index contributed by atoms with van der Waals surface area (Å²) in [6, 6.07) is 8.41. The molecule has 1 N–H and O–H groups in total. The Labute approximate surface area is 195 Å². The number of alkyl carbamates (subject to hydrolysis) is 1. The third-order valence-corrected chi connectivity index (χ3v) is 6.33. The Kier molecular flexibility index (Phi) is 8.96. The first kappa shape index (κ1) is 26.0. The van der Waals surface area contributed by atoms with Crippen LogP contribution >= 0.6 is 11.6 Å². The van der Waals surface area contributed by atoms with E-state index in [1.54, 1.807) is 13.8 Å². The topological polar surface area (TPSA) is 90.9 Å². The number of ether oxygens (including phenoxy) is 3. The predicted molar refractivity (Wildman–Crippen MR) is 121 cm³/mol. The lowest BCUT2D eigenvalue weighted by molar-refractivity contribution is -0.189. The Morgan fingerprint density at radius 2 is 1.81 bits per heavy atom. The minimum absolute atomic E-state index is 0.0747. The number of hydrogen-bond donors (Lipinski definition) is 1. The monoisotopic (exact) mass is 467 g/mol. The number of amides is 1. The number of halogens is 1. The lowest BCUT2D eigenvalue weighted by atomic mass is 9.62. The molecular formula is C24H34ClNO6. The molecule has 1 aromatic carbocycles. The van der Waals surface area contributed by atoms with Crippen LogP contribution < -0.4 is 5.32 Å². The van der Waals surface area contributed by atoms with E-state index in [1.807, 2.05) is 51.1 Å². The molecule has 32 heavy (non-hydrogen) atoms. The van der Waals surface area contributed by atoms with Crippen LogP contribution in [-0.4, -0.2) is 34.7 Å². The second-order valence-corrected chi connectivity index (χ2v) is 9.40. The predicted octanol–water partition coefficient (Wildman–Crippen LogP) is 5.58. The van der Waals surface area contributed by atoms with Crippen LogP contribution in [-0.2, 0) is 25.6 Å². The molecule has 1 saturated carbocycles. The highest BCUT2D eigenvalue weighted by Gasteiger charge is 2.59. The molecule has 1 fully saturated rings. The van der Waals surface area contributed by atoms with Gasteiger partial charge in [-0.1, -0.05) is 51.1 Å². The van der Waals surface area contributed by atoms with Crippen LogP contribution in [0.25, 0.3) is 0 Å². The molecule has 4 atom stereocenters. The van der Waals surface area contributed by atoms with Crippen molar-refractivity contribution in [2.75, 3.05) is 0 Å². The smallest absolute Gasteiger partial charge is 0.407 e. The maximum atomic E-state index is 12.8. The Hall–Kier alpha value is -2.28.